The van der Waals surface area contributed by atoms with Gasteiger partial charge in [0.2, 0.25) is 0 Å². The highest BCUT2D eigenvalue weighted by molar-refractivity contribution is 6.35. The molecule has 0 bridgehead atoms. The highest BCUT2D eigenvalue weighted by Crippen LogP contribution is 2.27. The lowest BCUT2D eigenvalue weighted by molar-refractivity contribution is -0.139. The van der Waals surface area contributed by atoms with Gasteiger partial charge in [-0.1, -0.05) is 24.3 Å². The van der Waals surface area contributed by atoms with Crippen LogP contribution < -0.4 is 10.6 Å². The number of rotatable bonds is 8. The molecule has 1 aromatic carbocycles. The van der Waals surface area contributed by atoms with Crippen LogP contribution in [-0.2, 0) is 22.6 Å². The fourth-order valence-corrected chi connectivity index (χ4v) is 3.62. The molecule has 7 nitrogen and oxygen atoms in total. The lowest BCUT2D eigenvalue weighted by atomic mass is 9.98. The van der Waals surface area contributed by atoms with Crippen LogP contribution in [0.5, 0.6) is 0 Å². The lowest BCUT2D eigenvalue weighted by Crippen LogP contribution is -2.45. The van der Waals surface area contributed by atoms with E-state index in [4.69, 9.17) is 4.42 Å². The quantitative estimate of drug-likeness (QED) is 0.521. The lowest BCUT2D eigenvalue weighted by Gasteiger charge is -2.34. The van der Waals surface area contributed by atoms with Gasteiger partial charge in [-0.2, -0.15) is 0 Å². The summed E-state index contributed by atoms with van der Waals surface area (Å²) in [6, 6.07) is 12.1. The third-order valence-corrected chi connectivity index (χ3v) is 5.20. The molecule has 2 heterocycles. The number of carbonyl (C=O) groups excluding carboxylic acids is 2. The Morgan fingerprint density at radius 1 is 1.10 bits per heavy atom. The van der Waals surface area contributed by atoms with Crippen LogP contribution in [0.2, 0.25) is 0 Å². The summed E-state index contributed by atoms with van der Waals surface area (Å²) < 4.78 is 5.63. The first-order chi connectivity index (χ1) is 14.0. The molecular formula is C22H30N4O3. The van der Waals surface area contributed by atoms with Crippen molar-refractivity contribution in [2.75, 3.05) is 40.3 Å². The van der Waals surface area contributed by atoms with Crippen molar-refractivity contribution in [1.82, 2.24) is 20.4 Å². The molecule has 3 rings (SSSR count). The van der Waals surface area contributed by atoms with Gasteiger partial charge in [0.25, 0.3) is 0 Å². The highest BCUT2D eigenvalue weighted by Gasteiger charge is 2.27. The summed E-state index contributed by atoms with van der Waals surface area (Å²) in [7, 11) is 3.95. The third-order valence-electron chi connectivity index (χ3n) is 5.20. The van der Waals surface area contributed by atoms with Crippen molar-refractivity contribution < 1.29 is 14.0 Å². The van der Waals surface area contributed by atoms with Crippen LogP contribution in [0, 0.1) is 0 Å². The molecular weight excluding hydrogens is 368 g/mol. The van der Waals surface area contributed by atoms with Gasteiger partial charge in [0.1, 0.15) is 5.76 Å². The van der Waals surface area contributed by atoms with Gasteiger partial charge in [0, 0.05) is 26.2 Å². The second-order valence-corrected chi connectivity index (χ2v) is 7.64. The molecule has 1 aliphatic rings. The molecule has 0 saturated carbocycles. The highest BCUT2D eigenvalue weighted by atomic mass is 16.3. The van der Waals surface area contributed by atoms with Gasteiger partial charge < -0.3 is 20.0 Å². The SMILES string of the molecule is CN(C)CCCNC(=O)C(=O)NC[C@@H](c1ccco1)N1CCc2ccccc2C1. The zero-order valence-corrected chi connectivity index (χ0v) is 17.2. The van der Waals surface area contributed by atoms with Crippen molar-refractivity contribution in [3.05, 3.63) is 59.5 Å². The second kappa shape index (κ2) is 10.2. The molecule has 1 aromatic heterocycles. The maximum atomic E-state index is 12.2. The van der Waals surface area contributed by atoms with Crippen molar-refractivity contribution in [2.24, 2.45) is 0 Å². The number of nitrogens with one attached hydrogen (secondary N) is 2. The predicted octanol–water partition coefficient (Wildman–Crippen LogP) is 1.56. The van der Waals surface area contributed by atoms with Gasteiger partial charge in [0.05, 0.1) is 12.3 Å². The number of nitrogens with zero attached hydrogens (tertiary/aromatic N) is 2. The van der Waals surface area contributed by atoms with Crippen LogP contribution in [0.1, 0.15) is 29.3 Å². The summed E-state index contributed by atoms with van der Waals surface area (Å²) in [5.41, 5.74) is 2.66. The fourth-order valence-electron chi connectivity index (χ4n) is 3.62. The summed E-state index contributed by atoms with van der Waals surface area (Å²) in [5.74, 6) is -0.411. The maximum absolute atomic E-state index is 12.2. The molecule has 2 N–H and O–H groups in total. The molecule has 7 heteroatoms. The zero-order valence-electron chi connectivity index (χ0n) is 17.2. The van der Waals surface area contributed by atoms with Crippen molar-refractivity contribution in [1.29, 1.82) is 0 Å². The van der Waals surface area contributed by atoms with Gasteiger partial charge >= 0.3 is 11.8 Å². The summed E-state index contributed by atoms with van der Waals surface area (Å²) in [4.78, 5) is 28.6. The topological polar surface area (TPSA) is 77.8 Å². The summed E-state index contributed by atoms with van der Waals surface area (Å²) in [6.45, 7) is 3.32. The van der Waals surface area contributed by atoms with Crippen molar-refractivity contribution in [3.63, 3.8) is 0 Å². The van der Waals surface area contributed by atoms with E-state index in [2.05, 4.69) is 33.7 Å². The Hall–Kier alpha value is -2.64. The Labute approximate surface area is 172 Å². The monoisotopic (exact) mass is 398 g/mol. The Kier molecular flexibility index (Phi) is 7.43. The normalized spacial score (nSPS) is 15.0. The average molecular weight is 399 g/mol. The maximum Gasteiger partial charge on any atom is 0.309 e. The minimum atomic E-state index is -0.608. The van der Waals surface area contributed by atoms with E-state index in [1.807, 2.05) is 37.2 Å². The third kappa shape index (κ3) is 5.92. The van der Waals surface area contributed by atoms with Gasteiger partial charge in [-0.15, -0.1) is 0 Å². The van der Waals surface area contributed by atoms with Crippen LogP contribution in [0.4, 0.5) is 0 Å². The Balaban J connectivity index is 1.56. The standard InChI is InChI=1S/C22H30N4O3/c1-25(2)12-6-11-23-21(27)22(28)24-15-19(20-9-5-14-29-20)26-13-10-17-7-3-4-8-18(17)16-26/h3-5,7-9,14,19H,6,10-13,15-16H2,1-2H3,(H,23,27)(H,24,28)/t19-/m0/s1. The summed E-state index contributed by atoms with van der Waals surface area (Å²) in [5, 5.41) is 5.45. The molecule has 2 amide bonds. The van der Waals surface area contributed by atoms with Gasteiger partial charge in [-0.3, -0.25) is 14.5 Å². The van der Waals surface area contributed by atoms with E-state index in [0.717, 1.165) is 38.2 Å². The molecule has 1 atom stereocenters. The molecule has 0 spiro atoms. The molecule has 2 aromatic rings. The van der Waals surface area contributed by atoms with Gasteiger partial charge in [0.15, 0.2) is 0 Å². The first-order valence-corrected chi connectivity index (χ1v) is 10.1. The number of fused-ring (bicyclic) bond motifs is 1. The van der Waals surface area contributed by atoms with Crippen LogP contribution in [0.25, 0.3) is 0 Å². The summed E-state index contributed by atoms with van der Waals surface area (Å²) >= 11 is 0. The smallest absolute Gasteiger partial charge is 0.309 e. The molecule has 0 unspecified atom stereocenters. The second-order valence-electron chi connectivity index (χ2n) is 7.64. The van der Waals surface area contributed by atoms with E-state index in [9.17, 15) is 9.59 Å². The number of benzene rings is 1. The van der Waals surface area contributed by atoms with Crippen molar-refractivity contribution in [3.8, 4) is 0 Å². The fraction of sp³-hybridized carbons (Fsp3) is 0.455. The molecule has 1 aliphatic heterocycles. The average Bonchev–Trinajstić information content (AvgIpc) is 3.25. The summed E-state index contributed by atoms with van der Waals surface area (Å²) in [6.07, 6.45) is 3.39. The van der Waals surface area contributed by atoms with Crippen LogP contribution in [-0.4, -0.2) is 61.9 Å². The number of amides is 2. The van der Waals surface area contributed by atoms with Crippen LogP contribution >= 0.6 is 0 Å². The van der Waals surface area contributed by atoms with E-state index in [-0.39, 0.29) is 6.04 Å². The van der Waals surface area contributed by atoms with Gasteiger partial charge in [-0.25, -0.2) is 0 Å². The number of carbonyl (C=O) groups is 2. The van der Waals surface area contributed by atoms with E-state index in [0.29, 0.717) is 13.1 Å². The zero-order chi connectivity index (χ0) is 20.6. The molecule has 0 saturated heterocycles. The first-order valence-electron chi connectivity index (χ1n) is 10.1. The van der Waals surface area contributed by atoms with E-state index < -0.39 is 11.8 Å². The largest absolute Gasteiger partial charge is 0.468 e. The Morgan fingerprint density at radius 3 is 2.59 bits per heavy atom. The first kappa shape index (κ1) is 21.1. The van der Waals surface area contributed by atoms with E-state index in [1.54, 1.807) is 6.26 Å². The molecule has 156 valence electrons. The number of hydrogen-bond donors (Lipinski definition) is 2. The number of hydrogen-bond acceptors (Lipinski definition) is 5. The Morgan fingerprint density at radius 2 is 1.86 bits per heavy atom. The minimum absolute atomic E-state index is 0.121. The molecule has 0 fully saturated rings. The Bertz CT molecular complexity index is 804. The minimum Gasteiger partial charge on any atom is -0.468 e. The van der Waals surface area contributed by atoms with Gasteiger partial charge in [-0.05, 0) is 56.7 Å². The van der Waals surface area contributed by atoms with Crippen molar-refractivity contribution in [2.45, 2.75) is 25.4 Å². The molecule has 0 radical (unpaired) electrons. The van der Waals surface area contributed by atoms with Crippen LogP contribution in [0.15, 0.2) is 47.1 Å². The molecule has 0 aliphatic carbocycles. The van der Waals surface area contributed by atoms with Crippen molar-refractivity contribution >= 4 is 11.8 Å². The van der Waals surface area contributed by atoms with E-state index >= 15 is 0 Å². The van der Waals surface area contributed by atoms with Crippen LogP contribution in [0.3, 0.4) is 0 Å². The number of furan rings is 1. The molecule has 29 heavy (non-hydrogen) atoms. The predicted molar refractivity (Wildman–Crippen MR) is 111 cm³/mol. The van der Waals surface area contributed by atoms with E-state index in [1.165, 1.54) is 11.1 Å².